The average molecular weight is 296 g/mol. The van der Waals surface area contributed by atoms with E-state index < -0.39 is 18.8 Å². The Labute approximate surface area is 118 Å². The highest BCUT2D eigenvalue weighted by molar-refractivity contribution is 5.85. The SMILES string of the molecule is CCCC[C@@H](O)[C@@H](N)c1ccccc1OC(F)F.Cl. The van der Waals surface area contributed by atoms with E-state index >= 15 is 0 Å². The van der Waals surface area contributed by atoms with Crippen molar-refractivity contribution in [2.45, 2.75) is 44.9 Å². The molecule has 1 rings (SSSR count). The molecule has 1 aromatic rings. The summed E-state index contributed by atoms with van der Waals surface area (Å²) < 4.78 is 28.9. The minimum Gasteiger partial charge on any atom is -0.434 e. The van der Waals surface area contributed by atoms with Crippen LogP contribution in [0.4, 0.5) is 8.78 Å². The number of aliphatic hydroxyl groups excluding tert-OH is 1. The van der Waals surface area contributed by atoms with Crippen LogP contribution in [0.15, 0.2) is 24.3 Å². The molecule has 3 N–H and O–H groups in total. The highest BCUT2D eigenvalue weighted by Crippen LogP contribution is 2.28. The first kappa shape index (κ1) is 18.1. The van der Waals surface area contributed by atoms with Gasteiger partial charge in [0.25, 0.3) is 0 Å². The molecule has 0 aromatic heterocycles. The Morgan fingerprint density at radius 2 is 1.95 bits per heavy atom. The summed E-state index contributed by atoms with van der Waals surface area (Å²) in [5.41, 5.74) is 6.29. The molecule has 2 atom stereocenters. The van der Waals surface area contributed by atoms with Gasteiger partial charge in [-0.1, -0.05) is 38.0 Å². The molecule has 0 aliphatic carbocycles. The van der Waals surface area contributed by atoms with Gasteiger partial charge in [0.15, 0.2) is 0 Å². The lowest BCUT2D eigenvalue weighted by atomic mass is 9.98. The van der Waals surface area contributed by atoms with Gasteiger partial charge in [-0.15, -0.1) is 12.4 Å². The quantitative estimate of drug-likeness (QED) is 0.812. The summed E-state index contributed by atoms with van der Waals surface area (Å²) in [7, 11) is 0. The summed E-state index contributed by atoms with van der Waals surface area (Å²) >= 11 is 0. The Bertz CT molecular complexity index is 366. The zero-order valence-corrected chi connectivity index (χ0v) is 11.6. The fraction of sp³-hybridized carbons (Fsp3) is 0.538. The lowest BCUT2D eigenvalue weighted by molar-refractivity contribution is -0.0510. The van der Waals surface area contributed by atoms with Gasteiger partial charge < -0.3 is 15.6 Å². The fourth-order valence-corrected chi connectivity index (χ4v) is 1.76. The van der Waals surface area contributed by atoms with Crippen molar-refractivity contribution in [1.82, 2.24) is 0 Å². The predicted octanol–water partition coefficient (Wildman–Crippen LogP) is 3.26. The average Bonchev–Trinajstić information content (AvgIpc) is 2.35. The van der Waals surface area contributed by atoms with E-state index in [2.05, 4.69) is 4.74 Å². The van der Waals surface area contributed by atoms with Crippen molar-refractivity contribution < 1.29 is 18.6 Å². The van der Waals surface area contributed by atoms with Crippen LogP contribution in [0.3, 0.4) is 0 Å². The number of hydrogen-bond donors (Lipinski definition) is 2. The third-order valence-corrected chi connectivity index (χ3v) is 2.76. The first-order chi connectivity index (χ1) is 8.56. The van der Waals surface area contributed by atoms with Crippen molar-refractivity contribution in [3.05, 3.63) is 29.8 Å². The molecular formula is C13H20ClF2NO2. The van der Waals surface area contributed by atoms with Crippen LogP contribution in [-0.4, -0.2) is 17.8 Å². The van der Waals surface area contributed by atoms with Gasteiger partial charge in [-0.25, -0.2) is 0 Å². The van der Waals surface area contributed by atoms with Crippen LogP contribution in [0.2, 0.25) is 0 Å². The number of hydrogen-bond acceptors (Lipinski definition) is 3. The van der Waals surface area contributed by atoms with Gasteiger partial charge in [0.05, 0.1) is 12.1 Å². The topological polar surface area (TPSA) is 55.5 Å². The largest absolute Gasteiger partial charge is 0.434 e. The molecule has 0 unspecified atom stereocenters. The molecule has 19 heavy (non-hydrogen) atoms. The Morgan fingerprint density at radius 3 is 2.53 bits per heavy atom. The minimum absolute atomic E-state index is 0. The van der Waals surface area contributed by atoms with E-state index in [1.165, 1.54) is 6.07 Å². The Hall–Kier alpha value is -0.910. The zero-order valence-electron chi connectivity index (χ0n) is 10.8. The third kappa shape index (κ3) is 5.72. The maximum Gasteiger partial charge on any atom is 0.387 e. The van der Waals surface area contributed by atoms with Crippen LogP contribution in [0.1, 0.15) is 37.8 Å². The first-order valence-corrected chi connectivity index (χ1v) is 6.03. The van der Waals surface area contributed by atoms with E-state index in [1.807, 2.05) is 6.92 Å². The fourth-order valence-electron chi connectivity index (χ4n) is 1.76. The summed E-state index contributed by atoms with van der Waals surface area (Å²) in [5, 5.41) is 9.89. The van der Waals surface area contributed by atoms with Gasteiger partial charge in [0.1, 0.15) is 5.75 Å². The molecule has 0 radical (unpaired) electrons. The number of benzene rings is 1. The van der Waals surface area contributed by atoms with Crippen molar-refractivity contribution in [2.75, 3.05) is 0 Å². The molecule has 1 aromatic carbocycles. The van der Waals surface area contributed by atoms with Crippen LogP contribution in [0.5, 0.6) is 5.75 Å². The number of nitrogens with two attached hydrogens (primary N) is 1. The van der Waals surface area contributed by atoms with Crippen molar-refractivity contribution in [2.24, 2.45) is 5.73 Å². The molecule has 3 nitrogen and oxygen atoms in total. The van der Waals surface area contributed by atoms with E-state index in [0.717, 1.165) is 12.8 Å². The molecule has 0 saturated carbocycles. The highest BCUT2D eigenvalue weighted by atomic mass is 35.5. The summed E-state index contributed by atoms with van der Waals surface area (Å²) in [5.74, 6) is 0.0237. The lowest BCUT2D eigenvalue weighted by Crippen LogP contribution is -2.26. The van der Waals surface area contributed by atoms with Gasteiger partial charge in [0.2, 0.25) is 0 Å². The van der Waals surface area contributed by atoms with Crippen molar-refractivity contribution in [1.29, 1.82) is 0 Å². The smallest absolute Gasteiger partial charge is 0.387 e. The Morgan fingerprint density at radius 1 is 1.32 bits per heavy atom. The van der Waals surface area contributed by atoms with Crippen LogP contribution in [-0.2, 0) is 0 Å². The second kappa shape index (κ2) is 9.07. The number of halogens is 3. The van der Waals surface area contributed by atoms with Crippen LogP contribution in [0, 0.1) is 0 Å². The third-order valence-electron chi connectivity index (χ3n) is 2.76. The van der Waals surface area contributed by atoms with Crippen LogP contribution >= 0.6 is 12.4 Å². The van der Waals surface area contributed by atoms with E-state index in [4.69, 9.17) is 5.73 Å². The van der Waals surface area contributed by atoms with Crippen molar-refractivity contribution in [3.8, 4) is 5.75 Å². The number of alkyl halides is 2. The Balaban J connectivity index is 0.00000324. The predicted molar refractivity (Wildman–Crippen MR) is 72.8 cm³/mol. The van der Waals surface area contributed by atoms with E-state index in [0.29, 0.717) is 12.0 Å². The van der Waals surface area contributed by atoms with Gasteiger partial charge >= 0.3 is 6.61 Å². The number of unbranched alkanes of at least 4 members (excludes halogenated alkanes) is 1. The molecule has 110 valence electrons. The molecule has 6 heteroatoms. The van der Waals surface area contributed by atoms with Gasteiger partial charge in [-0.2, -0.15) is 8.78 Å². The van der Waals surface area contributed by atoms with E-state index in [9.17, 15) is 13.9 Å². The molecule has 0 aliphatic rings. The number of aliphatic hydroxyl groups is 1. The summed E-state index contributed by atoms with van der Waals surface area (Å²) in [6.45, 7) is -0.891. The number of ether oxygens (including phenoxy) is 1. The monoisotopic (exact) mass is 295 g/mol. The Kier molecular flexibility index (Phi) is 8.63. The second-order valence-corrected chi connectivity index (χ2v) is 4.15. The molecule has 0 fully saturated rings. The highest BCUT2D eigenvalue weighted by Gasteiger charge is 2.21. The minimum atomic E-state index is -2.90. The number of rotatable bonds is 7. The molecule has 0 heterocycles. The van der Waals surface area contributed by atoms with Gasteiger partial charge in [-0.05, 0) is 12.5 Å². The standard InChI is InChI=1S/C13H19F2NO2.ClH/c1-2-3-7-10(17)12(16)9-6-4-5-8-11(9)18-13(14)15;/h4-6,8,10,12-13,17H,2-3,7,16H2,1H3;1H/t10-,12+;/m1./s1. The summed E-state index contributed by atoms with van der Waals surface area (Å²) in [6.07, 6.45) is 1.57. The normalized spacial score (nSPS) is 13.8. The van der Waals surface area contributed by atoms with Crippen molar-refractivity contribution in [3.63, 3.8) is 0 Å². The van der Waals surface area contributed by atoms with E-state index in [-0.39, 0.29) is 18.2 Å². The summed E-state index contributed by atoms with van der Waals surface area (Å²) in [6, 6.07) is 5.57. The summed E-state index contributed by atoms with van der Waals surface area (Å²) in [4.78, 5) is 0. The maximum absolute atomic E-state index is 12.2. The molecule has 0 saturated heterocycles. The molecular weight excluding hydrogens is 276 g/mol. The second-order valence-electron chi connectivity index (χ2n) is 4.15. The lowest BCUT2D eigenvalue weighted by Gasteiger charge is -2.21. The van der Waals surface area contributed by atoms with Gasteiger partial charge in [-0.3, -0.25) is 0 Å². The zero-order chi connectivity index (χ0) is 13.5. The van der Waals surface area contributed by atoms with Crippen LogP contribution < -0.4 is 10.5 Å². The maximum atomic E-state index is 12.2. The van der Waals surface area contributed by atoms with Crippen LogP contribution in [0.25, 0.3) is 0 Å². The molecule has 0 aliphatic heterocycles. The first-order valence-electron chi connectivity index (χ1n) is 6.03. The molecule has 0 spiro atoms. The molecule has 0 amide bonds. The van der Waals surface area contributed by atoms with Crippen molar-refractivity contribution >= 4 is 12.4 Å². The van der Waals surface area contributed by atoms with Gasteiger partial charge in [0, 0.05) is 5.56 Å². The molecule has 0 bridgehead atoms. The van der Waals surface area contributed by atoms with E-state index in [1.54, 1.807) is 18.2 Å². The number of para-hydroxylation sites is 1.